The second-order valence-electron chi connectivity index (χ2n) is 7.85. The second-order valence-corrected chi connectivity index (χ2v) is 7.85. The summed E-state index contributed by atoms with van der Waals surface area (Å²) in [5, 5.41) is 0. The van der Waals surface area contributed by atoms with Crippen LogP contribution in [0.4, 0.5) is 11.5 Å². The summed E-state index contributed by atoms with van der Waals surface area (Å²) in [6.45, 7) is 5.96. The number of nitrogens with zero attached hydrogens (tertiary/aromatic N) is 5. The maximum Gasteiger partial charge on any atom is 0.257 e. The second kappa shape index (κ2) is 11.8. The van der Waals surface area contributed by atoms with Crippen molar-refractivity contribution in [3.05, 3.63) is 48.2 Å². The molecular weight excluding hydrogens is 414 g/mol. The third-order valence-corrected chi connectivity index (χ3v) is 5.55. The quantitative estimate of drug-likeness (QED) is 0.620. The molecule has 8 heteroatoms. The zero-order valence-corrected chi connectivity index (χ0v) is 19.8. The Labute approximate surface area is 192 Å². The predicted molar refractivity (Wildman–Crippen MR) is 129 cm³/mol. The number of piperazine rings is 1. The highest BCUT2D eigenvalue weighted by Crippen LogP contribution is 2.28. The van der Waals surface area contributed by atoms with Crippen molar-refractivity contribution in [1.82, 2.24) is 14.8 Å². The van der Waals surface area contributed by atoms with E-state index in [1.807, 2.05) is 31.3 Å². The number of anilines is 2. The number of amides is 1. The summed E-state index contributed by atoms with van der Waals surface area (Å²) < 4.78 is 5.51. The zero-order chi connectivity index (χ0) is 21.5. The minimum atomic E-state index is -0.0163. The van der Waals surface area contributed by atoms with Crippen LogP contribution >= 0.6 is 12.4 Å². The molecule has 3 rings (SSSR count). The first-order valence-corrected chi connectivity index (χ1v) is 10.5. The molecule has 1 aliphatic rings. The molecule has 2 aromatic rings. The Morgan fingerprint density at radius 3 is 2.45 bits per heavy atom. The lowest BCUT2D eigenvalue weighted by atomic mass is 10.2. The Bertz CT molecular complexity index is 840. The van der Waals surface area contributed by atoms with Crippen LogP contribution in [0.5, 0.6) is 5.75 Å². The number of benzene rings is 1. The molecule has 1 aliphatic heterocycles. The van der Waals surface area contributed by atoms with Crippen molar-refractivity contribution in [1.29, 1.82) is 0 Å². The predicted octanol–water partition coefficient (Wildman–Crippen LogP) is 2.86. The molecule has 0 unspecified atom stereocenters. The summed E-state index contributed by atoms with van der Waals surface area (Å²) in [5.74, 6) is 1.67. The lowest BCUT2D eigenvalue weighted by Gasteiger charge is -2.36. The molecule has 0 radical (unpaired) electrons. The van der Waals surface area contributed by atoms with Crippen molar-refractivity contribution in [3.8, 4) is 5.75 Å². The number of aromatic nitrogens is 1. The molecule has 1 fully saturated rings. The Kier molecular flexibility index (Phi) is 9.40. The van der Waals surface area contributed by atoms with E-state index in [1.165, 1.54) is 5.69 Å². The van der Waals surface area contributed by atoms with Crippen molar-refractivity contribution >= 4 is 29.8 Å². The topological polar surface area (TPSA) is 52.2 Å². The summed E-state index contributed by atoms with van der Waals surface area (Å²) >= 11 is 0. The average Bonchev–Trinajstić information content (AvgIpc) is 2.78. The zero-order valence-electron chi connectivity index (χ0n) is 19.0. The molecule has 0 N–H and O–H groups in total. The number of carbonyl (C=O) groups is 1. The molecule has 1 amide bonds. The van der Waals surface area contributed by atoms with Crippen LogP contribution in [-0.4, -0.2) is 88.2 Å². The highest BCUT2D eigenvalue weighted by molar-refractivity contribution is 5.98. The minimum Gasteiger partial charge on any atom is -0.495 e. The van der Waals surface area contributed by atoms with Crippen LogP contribution in [0.3, 0.4) is 0 Å². The highest BCUT2D eigenvalue weighted by atomic mass is 35.5. The summed E-state index contributed by atoms with van der Waals surface area (Å²) in [4.78, 5) is 25.5. The molecule has 0 spiro atoms. The third-order valence-electron chi connectivity index (χ3n) is 5.55. The molecule has 1 aromatic heterocycles. The van der Waals surface area contributed by atoms with Crippen molar-refractivity contribution < 1.29 is 9.53 Å². The lowest BCUT2D eigenvalue weighted by molar-refractivity contribution is 0.0828. The fourth-order valence-electron chi connectivity index (χ4n) is 3.85. The van der Waals surface area contributed by atoms with E-state index in [-0.39, 0.29) is 18.3 Å². The van der Waals surface area contributed by atoms with Gasteiger partial charge in [0.2, 0.25) is 0 Å². The Hall–Kier alpha value is -2.51. The molecule has 1 saturated heterocycles. The monoisotopic (exact) mass is 447 g/mol. The third kappa shape index (κ3) is 6.24. The summed E-state index contributed by atoms with van der Waals surface area (Å²) in [6, 6.07) is 11.9. The number of carbonyl (C=O) groups excluding carboxylic acids is 1. The van der Waals surface area contributed by atoms with E-state index in [9.17, 15) is 4.79 Å². The molecular formula is C23H34ClN5O2. The van der Waals surface area contributed by atoms with Crippen LogP contribution in [-0.2, 0) is 0 Å². The van der Waals surface area contributed by atoms with E-state index in [0.717, 1.165) is 57.3 Å². The first-order chi connectivity index (χ1) is 14.5. The van der Waals surface area contributed by atoms with E-state index in [1.54, 1.807) is 32.3 Å². The normalized spacial score (nSPS) is 14.0. The fourth-order valence-corrected chi connectivity index (χ4v) is 3.85. The number of methoxy groups -OCH3 is 1. The standard InChI is InChI=1S/C23H33N5O2.ClH/c1-25(2)23(29)19-9-7-12-24-22(19)26(3)13-8-14-27-15-17-28(18-16-27)20-10-5-6-11-21(20)30-4;/h5-7,9-12H,8,13-18H2,1-4H3;1H. The van der Waals surface area contributed by atoms with Crippen molar-refractivity contribution in [2.45, 2.75) is 6.42 Å². The highest BCUT2D eigenvalue weighted by Gasteiger charge is 2.20. The number of hydrogen-bond donors (Lipinski definition) is 0. The summed E-state index contributed by atoms with van der Waals surface area (Å²) in [6.07, 6.45) is 2.77. The van der Waals surface area contributed by atoms with E-state index >= 15 is 0 Å². The smallest absolute Gasteiger partial charge is 0.257 e. The number of para-hydroxylation sites is 2. The van der Waals surface area contributed by atoms with Crippen LogP contribution in [0.25, 0.3) is 0 Å². The lowest BCUT2D eigenvalue weighted by Crippen LogP contribution is -2.47. The molecule has 0 aliphatic carbocycles. The minimum absolute atomic E-state index is 0. The summed E-state index contributed by atoms with van der Waals surface area (Å²) in [5.41, 5.74) is 1.82. The molecule has 0 bridgehead atoms. The van der Waals surface area contributed by atoms with Gasteiger partial charge in [-0.1, -0.05) is 12.1 Å². The van der Waals surface area contributed by atoms with Gasteiger partial charge in [-0.3, -0.25) is 9.69 Å². The molecule has 0 atom stereocenters. The average molecular weight is 448 g/mol. The van der Waals surface area contributed by atoms with E-state index < -0.39 is 0 Å². The van der Waals surface area contributed by atoms with Gasteiger partial charge >= 0.3 is 0 Å². The molecule has 0 saturated carbocycles. The number of rotatable bonds is 8. The Morgan fingerprint density at radius 2 is 1.77 bits per heavy atom. The first kappa shape index (κ1) is 24.8. The number of halogens is 1. The van der Waals surface area contributed by atoms with E-state index in [4.69, 9.17) is 4.74 Å². The van der Waals surface area contributed by atoms with Crippen LogP contribution in [0.1, 0.15) is 16.8 Å². The van der Waals surface area contributed by atoms with Gasteiger partial charge < -0.3 is 19.4 Å². The number of hydrogen-bond acceptors (Lipinski definition) is 6. The Balaban J connectivity index is 0.00000341. The van der Waals surface area contributed by atoms with Crippen LogP contribution in [0.2, 0.25) is 0 Å². The van der Waals surface area contributed by atoms with Gasteiger partial charge in [0.1, 0.15) is 11.6 Å². The van der Waals surface area contributed by atoms with Crippen molar-refractivity contribution in [2.75, 3.05) is 77.3 Å². The first-order valence-electron chi connectivity index (χ1n) is 10.5. The maximum atomic E-state index is 12.4. The van der Waals surface area contributed by atoms with Gasteiger partial charge in [0.15, 0.2) is 0 Å². The van der Waals surface area contributed by atoms with E-state index in [2.05, 4.69) is 31.8 Å². The molecule has 31 heavy (non-hydrogen) atoms. The molecule has 1 aromatic carbocycles. The Morgan fingerprint density at radius 1 is 1.06 bits per heavy atom. The van der Waals surface area contributed by atoms with Gasteiger partial charge in [0.05, 0.1) is 18.4 Å². The van der Waals surface area contributed by atoms with Crippen LogP contribution in [0.15, 0.2) is 42.6 Å². The van der Waals surface area contributed by atoms with E-state index in [0.29, 0.717) is 5.56 Å². The number of pyridine rings is 1. The van der Waals surface area contributed by atoms with Crippen LogP contribution in [0, 0.1) is 0 Å². The molecule has 2 heterocycles. The molecule has 7 nitrogen and oxygen atoms in total. The SMILES string of the molecule is COc1ccccc1N1CCN(CCCN(C)c2ncccc2C(=O)N(C)C)CC1.Cl. The maximum absolute atomic E-state index is 12.4. The van der Waals surface area contributed by atoms with Crippen LogP contribution < -0.4 is 14.5 Å². The fraction of sp³-hybridized carbons (Fsp3) is 0.478. The number of ether oxygens (including phenoxy) is 1. The molecule has 170 valence electrons. The van der Waals surface area contributed by atoms with Crippen molar-refractivity contribution in [2.24, 2.45) is 0 Å². The van der Waals surface area contributed by atoms with Crippen molar-refractivity contribution in [3.63, 3.8) is 0 Å². The van der Waals surface area contributed by atoms with Gasteiger partial charge in [-0.05, 0) is 37.2 Å². The van der Waals surface area contributed by atoms with Gasteiger partial charge in [-0.2, -0.15) is 0 Å². The van der Waals surface area contributed by atoms with Gasteiger partial charge in [-0.15, -0.1) is 12.4 Å². The largest absolute Gasteiger partial charge is 0.495 e. The summed E-state index contributed by atoms with van der Waals surface area (Å²) in [7, 11) is 7.27. The van der Waals surface area contributed by atoms with Gasteiger partial charge in [0.25, 0.3) is 5.91 Å². The van der Waals surface area contributed by atoms with Gasteiger partial charge in [0, 0.05) is 60.1 Å². The van der Waals surface area contributed by atoms with Gasteiger partial charge in [-0.25, -0.2) is 4.98 Å².